The molecule has 8 atom stereocenters. The molecule has 0 bridgehead atoms. The Bertz CT molecular complexity index is 889. The summed E-state index contributed by atoms with van der Waals surface area (Å²) in [5.41, 5.74) is 0. The van der Waals surface area contributed by atoms with Crippen LogP contribution in [0.4, 0.5) is 0 Å². The molecule has 0 saturated carbocycles. The molecular weight excluding hydrogens is 256 g/mol. The third-order valence-electron chi connectivity index (χ3n) is 15.3. The summed E-state index contributed by atoms with van der Waals surface area (Å²) in [5, 5.41) is 0. The van der Waals surface area contributed by atoms with Gasteiger partial charge in [0.15, 0.2) is 0 Å². The van der Waals surface area contributed by atoms with E-state index in [1.807, 2.05) is 0 Å². The number of fused-ring (bicyclic) bond motifs is 10. The topological polar surface area (TPSA) is 18.5 Å². The maximum absolute atomic E-state index is 6.61. The zero-order valence-corrected chi connectivity index (χ0v) is 11.3. The summed E-state index contributed by atoms with van der Waals surface area (Å²) in [6.45, 7) is 3.20. The second-order valence-electron chi connectivity index (χ2n) is 10.5. The molecule has 10 fully saturated rings. The summed E-state index contributed by atoms with van der Waals surface area (Å²) in [4.78, 5) is 9.89. The van der Waals surface area contributed by atoms with E-state index in [1.54, 1.807) is 0 Å². The Morgan fingerprint density at radius 3 is 1.35 bits per heavy atom. The molecule has 10 saturated heterocycles. The predicted octanol–water partition coefficient (Wildman–Crippen LogP) is 3.26. The van der Waals surface area contributed by atoms with Crippen molar-refractivity contribution in [2.75, 3.05) is 13.2 Å². The van der Waals surface area contributed by atoms with Crippen molar-refractivity contribution >= 4 is 0 Å². The molecule has 1 spiro atoms. The van der Waals surface area contributed by atoms with Gasteiger partial charge < -0.3 is 0 Å². The molecule has 10 heterocycles. The average Bonchev–Trinajstić information content (AvgIpc) is 3.24. The van der Waals surface area contributed by atoms with Crippen LogP contribution < -0.4 is 0 Å². The van der Waals surface area contributed by atoms with Gasteiger partial charge in [-0.1, -0.05) is 0 Å². The van der Waals surface area contributed by atoms with E-state index in [1.165, 1.54) is 38.5 Å². The van der Waals surface area contributed by atoms with Crippen LogP contribution in [0.1, 0.15) is 13.8 Å². The van der Waals surface area contributed by atoms with Crippen LogP contribution in [0.5, 0.6) is 0 Å². The number of rotatable bonds is 4. The fraction of sp³-hybridized carbons (Fsp3) is 1.00. The Morgan fingerprint density at radius 2 is 1.12 bits per heavy atom. The normalized spacial score (nSPS) is 124. The maximum atomic E-state index is 6.61. The van der Waals surface area contributed by atoms with Crippen LogP contribution in [0, 0.1) is 0 Å². The molecule has 0 aromatic rings. The quantitative estimate of drug-likeness (QED) is 0.732. The van der Waals surface area contributed by atoms with Crippen molar-refractivity contribution in [3.63, 3.8) is 0 Å². The van der Waals surface area contributed by atoms with Gasteiger partial charge in [-0.25, -0.2) is 0 Å². The zero-order valence-electron chi connectivity index (χ0n) is 10.2. The third-order valence-corrected chi connectivity index (χ3v) is 57.1. The van der Waals surface area contributed by atoms with Crippen LogP contribution >= 0.6 is 0 Å². The average molecular weight is 274 g/mol. The predicted molar refractivity (Wildman–Crippen MR) is 58.7 cm³/mol. The van der Waals surface area contributed by atoms with Gasteiger partial charge in [-0.15, -0.1) is 0 Å². The summed E-state index contributed by atoms with van der Waals surface area (Å²) in [6, 6.07) is 0. The minimum absolute atomic E-state index is 0.582. The molecule has 0 N–H and O–H groups in total. The van der Waals surface area contributed by atoms with Gasteiger partial charge in [0.05, 0.1) is 0 Å². The molecule has 94 valence electrons. The van der Waals surface area contributed by atoms with Crippen LogP contribution in [0.15, 0.2) is 0 Å². The molecular formula is C14H18FeO2. The second kappa shape index (κ2) is 0.537. The van der Waals surface area contributed by atoms with Crippen LogP contribution in [-0.4, -0.2) is 22.2 Å². The Balaban J connectivity index is 1.61. The number of ether oxygens (including phenoxy) is 2. The summed E-state index contributed by atoms with van der Waals surface area (Å²) >= 11 is 0. The molecule has 0 amide bonds. The molecule has 3 heteroatoms. The van der Waals surface area contributed by atoms with Crippen molar-refractivity contribution in [1.29, 1.82) is 0 Å². The summed E-state index contributed by atoms with van der Waals surface area (Å²) in [5.74, 6) is 0. The van der Waals surface area contributed by atoms with E-state index in [2.05, 4.69) is 13.8 Å². The van der Waals surface area contributed by atoms with Crippen molar-refractivity contribution in [3.05, 3.63) is 0 Å². The molecule has 10 aliphatic heterocycles. The Morgan fingerprint density at radius 1 is 0.765 bits per heavy atom. The van der Waals surface area contributed by atoms with Gasteiger partial charge >= 0.3 is 90.6 Å². The van der Waals surface area contributed by atoms with E-state index in [0.717, 1.165) is 13.2 Å². The molecule has 0 aromatic carbocycles. The van der Waals surface area contributed by atoms with Crippen molar-refractivity contribution in [2.24, 2.45) is 0 Å². The van der Waals surface area contributed by atoms with Gasteiger partial charge in [-0.05, 0) is 0 Å². The number of hydrogen-bond donors (Lipinski definition) is 0. The van der Waals surface area contributed by atoms with Gasteiger partial charge in [0, 0.05) is 0 Å². The van der Waals surface area contributed by atoms with E-state index < -0.39 is 6.51 Å². The second-order valence-corrected chi connectivity index (χ2v) is 33.6. The van der Waals surface area contributed by atoms with Gasteiger partial charge in [0.1, 0.15) is 0 Å². The number of hydrogen-bond acceptors (Lipinski definition) is 2. The van der Waals surface area contributed by atoms with Gasteiger partial charge in [0.25, 0.3) is 0 Å². The van der Waals surface area contributed by atoms with Crippen LogP contribution in [0.25, 0.3) is 0 Å². The molecule has 0 radical (unpaired) electrons. The first-order valence-electron chi connectivity index (χ1n) is 7.54. The summed E-state index contributed by atoms with van der Waals surface area (Å²) in [7, 11) is 0. The van der Waals surface area contributed by atoms with Gasteiger partial charge in [0.2, 0.25) is 0 Å². The first kappa shape index (κ1) is 6.74. The first-order chi connectivity index (χ1) is 8.05. The van der Waals surface area contributed by atoms with E-state index in [4.69, 9.17) is 9.47 Å². The van der Waals surface area contributed by atoms with Crippen molar-refractivity contribution < 1.29 is 16.0 Å². The van der Waals surface area contributed by atoms with E-state index in [0.29, 0.717) is 9.00 Å². The molecule has 2 nitrogen and oxygen atoms in total. The Labute approximate surface area is 90.7 Å². The Kier molecular flexibility index (Phi) is 0.213. The van der Waals surface area contributed by atoms with E-state index in [-0.39, 0.29) is 0 Å². The zero-order chi connectivity index (χ0) is 10.8. The van der Waals surface area contributed by atoms with Crippen molar-refractivity contribution in [2.45, 2.75) is 61.4 Å². The minimum atomic E-state index is -3.24. The third kappa shape index (κ3) is 0.0624. The first-order valence-corrected chi connectivity index (χ1v) is 13.7. The molecule has 10 aliphatic rings. The van der Waals surface area contributed by atoms with E-state index in [9.17, 15) is 0 Å². The molecule has 10 rings (SSSR count). The Hall–Kier alpha value is 0.439. The van der Waals surface area contributed by atoms with Crippen LogP contribution in [-0.2, 0) is 16.0 Å². The molecule has 0 aromatic heterocycles. The monoisotopic (exact) mass is 274 g/mol. The fourth-order valence-electron chi connectivity index (χ4n) is 17.3. The molecule has 8 unspecified atom stereocenters. The summed E-state index contributed by atoms with van der Waals surface area (Å²) in [6.07, 6.45) is 0. The van der Waals surface area contributed by atoms with Crippen LogP contribution in [0.2, 0.25) is 38.5 Å². The van der Waals surface area contributed by atoms with Gasteiger partial charge in [-0.2, -0.15) is 0 Å². The van der Waals surface area contributed by atoms with Gasteiger partial charge in [-0.3, -0.25) is 0 Å². The fourth-order valence-corrected chi connectivity index (χ4v) is 90.4. The molecule has 0 aliphatic carbocycles. The standard InChI is InChI=1S/2C7H9O.Fe/c2*1-2-8-7-5-3-4-6-7;/h2*3-6H,2H2,1H3;. The van der Waals surface area contributed by atoms with E-state index >= 15 is 0 Å². The summed E-state index contributed by atoms with van der Waals surface area (Å²) < 4.78 is 14.4. The van der Waals surface area contributed by atoms with Crippen molar-refractivity contribution in [3.8, 4) is 0 Å². The van der Waals surface area contributed by atoms with Crippen molar-refractivity contribution in [1.82, 2.24) is 0 Å². The SMILES string of the molecule is CCO[C]12[CH]3[CH]4[CH]5[CH]1[Fe]45321678[CH]2[CH]1[CH]6[C]7(OCC)[CH]28. The molecule has 17 heavy (non-hydrogen) atoms. The van der Waals surface area contributed by atoms with Crippen LogP contribution in [0.3, 0.4) is 0 Å².